The Morgan fingerprint density at radius 1 is 1.35 bits per heavy atom. The van der Waals surface area contributed by atoms with E-state index in [2.05, 4.69) is 35.1 Å². The summed E-state index contributed by atoms with van der Waals surface area (Å²) in [4.78, 5) is 11.6. The summed E-state index contributed by atoms with van der Waals surface area (Å²) in [7, 11) is 0. The number of alkyl halides is 1. The lowest BCUT2D eigenvalue weighted by Gasteiger charge is -2.21. The van der Waals surface area contributed by atoms with Crippen molar-refractivity contribution in [2.24, 2.45) is 5.41 Å². The lowest BCUT2D eigenvalue weighted by molar-refractivity contribution is -0.120. The van der Waals surface area contributed by atoms with Crippen molar-refractivity contribution < 1.29 is 9.18 Å². The minimum absolute atomic E-state index is 0.0365. The van der Waals surface area contributed by atoms with Crippen LogP contribution in [-0.4, -0.2) is 17.8 Å². The lowest BCUT2D eigenvalue weighted by atomic mass is 9.97. The van der Waals surface area contributed by atoms with Gasteiger partial charge in [0.1, 0.15) is 5.82 Å². The number of nitrogens with one attached hydrogen (secondary N) is 1. The Kier molecular flexibility index (Phi) is 5.12. The molecule has 0 aliphatic rings. The van der Waals surface area contributed by atoms with E-state index in [0.29, 0.717) is 13.0 Å². The van der Waals surface area contributed by atoms with Gasteiger partial charge < -0.3 is 5.32 Å². The SMILES string of the molecule is CC(C)(CBr)CNC(=O)Cc1ccc(F)cc1. The molecule has 0 saturated carbocycles. The largest absolute Gasteiger partial charge is 0.355 e. The van der Waals surface area contributed by atoms with Gasteiger partial charge in [0.05, 0.1) is 6.42 Å². The number of carbonyl (C=O) groups is 1. The molecule has 0 saturated heterocycles. The van der Waals surface area contributed by atoms with E-state index in [9.17, 15) is 9.18 Å². The number of amides is 1. The molecule has 94 valence electrons. The highest BCUT2D eigenvalue weighted by atomic mass is 79.9. The highest BCUT2D eigenvalue weighted by Crippen LogP contribution is 2.16. The number of halogens is 2. The van der Waals surface area contributed by atoms with Gasteiger partial charge in [0.2, 0.25) is 5.91 Å². The van der Waals surface area contributed by atoms with Gasteiger partial charge in [-0.25, -0.2) is 4.39 Å². The van der Waals surface area contributed by atoms with Crippen LogP contribution in [0.3, 0.4) is 0 Å². The number of hydrogen-bond donors (Lipinski definition) is 1. The zero-order chi connectivity index (χ0) is 12.9. The highest BCUT2D eigenvalue weighted by molar-refractivity contribution is 9.09. The van der Waals surface area contributed by atoms with Crippen molar-refractivity contribution >= 4 is 21.8 Å². The molecule has 1 rings (SSSR count). The Bertz CT molecular complexity index is 376. The Balaban J connectivity index is 2.42. The number of rotatable bonds is 5. The molecule has 1 amide bonds. The third-order valence-electron chi connectivity index (χ3n) is 2.40. The first kappa shape index (κ1) is 14.2. The van der Waals surface area contributed by atoms with E-state index < -0.39 is 0 Å². The third kappa shape index (κ3) is 5.31. The molecule has 0 aromatic heterocycles. The molecule has 0 fully saturated rings. The van der Waals surface area contributed by atoms with Crippen molar-refractivity contribution in [3.8, 4) is 0 Å². The zero-order valence-electron chi connectivity index (χ0n) is 10.1. The standard InChI is InChI=1S/C13H17BrFNO/c1-13(2,8-14)9-16-12(17)7-10-3-5-11(15)6-4-10/h3-6H,7-9H2,1-2H3,(H,16,17). The Labute approximate surface area is 110 Å². The summed E-state index contributed by atoms with van der Waals surface area (Å²) >= 11 is 3.40. The van der Waals surface area contributed by atoms with Crippen LogP contribution >= 0.6 is 15.9 Å². The molecule has 0 aliphatic carbocycles. The van der Waals surface area contributed by atoms with Gasteiger partial charge in [-0.05, 0) is 23.1 Å². The van der Waals surface area contributed by atoms with Crippen LogP contribution in [0.25, 0.3) is 0 Å². The minimum atomic E-state index is -0.283. The van der Waals surface area contributed by atoms with E-state index in [1.54, 1.807) is 12.1 Å². The van der Waals surface area contributed by atoms with Gasteiger partial charge in [0.25, 0.3) is 0 Å². The molecule has 2 nitrogen and oxygen atoms in total. The van der Waals surface area contributed by atoms with E-state index in [1.807, 2.05) is 0 Å². The maximum atomic E-state index is 12.7. The monoisotopic (exact) mass is 301 g/mol. The molecule has 0 unspecified atom stereocenters. The molecule has 0 spiro atoms. The molecule has 0 radical (unpaired) electrons. The summed E-state index contributed by atoms with van der Waals surface area (Å²) in [6.45, 7) is 4.76. The normalized spacial score (nSPS) is 11.3. The molecular weight excluding hydrogens is 285 g/mol. The second kappa shape index (κ2) is 6.15. The van der Waals surface area contributed by atoms with Crippen molar-refractivity contribution in [1.29, 1.82) is 0 Å². The second-order valence-electron chi connectivity index (χ2n) is 4.88. The predicted molar refractivity (Wildman–Crippen MR) is 70.7 cm³/mol. The summed E-state index contributed by atoms with van der Waals surface area (Å²) in [6.07, 6.45) is 0.290. The molecule has 17 heavy (non-hydrogen) atoms. The fourth-order valence-electron chi connectivity index (χ4n) is 1.24. The molecule has 1 aromatic rings. The van der Waals surface area contributed by atoms with Gasteiger partial charge >= 0.3 is 0 Å². The maximum Gasteiger partial charge on any atom is 0.224 e. The summed E-state index contributed by atoms with van der Waals surface area (Å²) in [5.74, 6) is -0.319. The second-order valence-corrected chi connectivity index (χ2v) is 5.44. The molecule has 0 heterocycles. The van der Waals surface area contributed by atoms with Crippen LogP contribution in [0, 0.1) is 11.2 Å². The van der Waals surface area contributed by atoms with Crippen LogP contribution in [0.1, 0.15) is 19.4 Å². The quantitative estimate of drug-likeness (QED) is 0.833. The van der Waals surface area contributed by atoms with Crippen molar-refractivity contribution in [1.82, 2.24) is 5.32 Å². The van der Waals surface area contributed by atoms with E-state index in [1.165, 1.54) is 12.1 Å². The van der Waals surface area contributed by atoms with Gasteiger partial charge in [-0.15, -0.1) is 0 Å². The highest BCUT2D eigenvalue weighted by Gasteiger charge is 2.16. The van der Waals surface area contributed by atoms with E-state index in [0.717, 1.165) is 10.9 Å². The van der Waals surface area contributed by atoms with Gasteiger partial charge in [0, 0.05) is 11.9 Å². The first-order valence-corrected chi connectivity index (χ1v) is 6.62. The van der Waals surface area contributed by atoms with Crippen LogP contribution in [-0.2, 0) is 11.2 Å². The molecular formula is C13H17BrFNO. The van der Waals surface area contributed by atoms with Crippen molar-refractivity contribution in [2.45, 2.75) is 20.3 Å². The third-order valence-corrected chi connectivity index (χ3v) is 3.92. The van der Waals surface area contributed by atoms with Crippen LogP contribution in [0.5, 0.6) is 0 Å². The molecule has 1 N–H and O–H groups in total. The minimum Gasteiger partial charge on any atom is -0.355 e. The van der Waals surface area contributed by atoms with Gasteiger partial charge in [-0.3, -0.25) is 4.79 Å². The van der Waals surface area contributed by atoms with Crippen molar-refractivity contribution in [3.05, 3.63) is 35.6 Å². The summed E-state index contributed by atoms with van der Waals surface area (Å²) in [5, 5.41) is 3.70. The Morgan fingerprint density at radius 2 is 1.94 bits per heavy atom. The number of carbonyl (C=O) groups excluding carboxylic acids is 1. The topological polar surface area (TPSA) is 29.1 Å². The van der Waals surface area contributed by atoms with Crippen molar-refractivity contribution in [3.63, 3.8) is 0 Å². The average Bonchev–Trinajstić information content (AvgIpc) is 2.30. The number of hydrogen-bond acceptors (Lipinski definition) is 1. The van der Waals surface area contributed by atoms with Crippen LogP contribution < -0.4 is 5.32 Å². The molecule has 1 aromatic carbocycles. The molecule has 4 heteroatoms. The average molecular weight is 302 g/mol. The lowest BCUT2D eigenvalue weighted by Crippen LogP contribution is -2.35. The Morgan fingerprint density at radius 3 is 2.47 bits per heavy atom. The molecule has 0 bridgehead atoms. The first-order valence-electron chi connectivity index (χ1n) is 5.50. The molecule has 0 aliphatic heterocycles. The fraction of sp³-hybridized carbons (Fsp3) is 0.462. The zero-order valence-corrected chi connectivity index (χ0v) is 11.7. The molecule has 0 atom stereocenters. The van der Waals surface area contributed by atoms with Gasteiger partial charge in [-0.1, -0.05) is 41.9 Å². The fourth-order valence-corrected chi connectivity index (χ4v) is 1.43. The first-order chi connectivity index (χ1) is 7.93. The Hall–Kier alpha value is -0.900. The predicted octanol–water partition coefficient (Wildman–Crippen LogP) is 2.91. The van der Waals surface area contributed by atoms with Gasteiger partial charge in [0.15, 0.2) is 0 Å². The van der Waals surface area contributed by atoms with E-state index in [-0.39, 0.29) is 17.1 Å². The van der Waals surface area contributed by atoms with Crippen molar-refractivity contribution in [2.75, 3.05) is 11.9 Å². The summed E-state index contributed by atoms with van der Waals surface area (Å²) < 4.78 is 12.7. The smallest absolute Gasteiger partial charge is 0.224 e. The number of benzene rings is 1. The van der Waals surface area contributed by atoms with E-state index >= 15 is 0 Å². The summed E-state index contributed by atoms with van der Waals surface area (Å²) in [5.41, 5.74) is 0.860. The van der Waals surface area contributed by atoms with Crippen LogP contribution in [0.15, 0.2) is 24.3 Å². The maximum absolute atomic E-state index is 12.7. The van der Waals surface area contributed by atoms with E-state index in [4.69, 9.17) is 0 Å². The summed E-state index contributed by atoms with van der Waals surface area (Å²) in [6, 6.07) is 5.99. The van der Waals surface area contributed by atoms with Crippen LogP contribution in [0.4, 0.5) is 4.39 Å². The van der Waals surface area contributed by atoms with Crippen LogP contribution in [0.2, 0.25) is 0 Å². The van der Waals surface area contributed by atoms with Gasteiger partial charge in [-0.2, -0.15) is 0 Å².